The van der Waals surface area contributed by atoms with E-state index in [1.54, 1.807) is 0 Å². The maximum Gasteiger partial charge on any atom is 0.0601 e. The van der Waals surface area contributed by atoms with Gasteiger partial charge in [0.2, 0.25) is 0 Å². The Morgan fingerprint density at radius 2 is 1.02 bits per heavy atom. The number of hydrogen-bond acceptors (Lipinski definition) is 3. The van der Waals surface area contributed by atoms with Crippen molar-refractivity contribution in [1.82, 2.24) is 0 Å². The van der Waals surface area contributed by atoms with Gasteiger partial charge in [0.1, 0.15) is 0 Å². The van der Waals surface area contributed by atoms with Crippen molar-refractivity contribution in [2.45, 2.75) is 41.9 Å². The summed E-state index contributed by atoms with van der Waals surface area (Å²) in [5.74, 6) is 0. The highest BCUT2D eigenvalue weighted by Crippen LogP contribution is 2.55. The number of rotatable bonds is 4. The molecule has 0 unspecified atom stereocenters. The second-order valence-corrected chi connectivity index (χ2v) is 16.8. The van der Waals surface area contributed by atoms with Crippen LogP contribution in [-0.2, 0) is 18.3 Å². The van der Waals surface area contributed by atoms with Gasteiger partial charge in [-0.3, -0.25) is 0 Å². The van der Waals surface area contributed by atoms with Gasteiger partial charge >= 0.3 is 0 Å². The first-order valence-corrected chi connectivity index (χ1v) is 20.5. The van der Waals surface area contributed by atoms with Crippen molar-refractivity contribution in [3.8, 4) is 11.1 Å². The summed E-state index contributed by atoms with van der Waals surface area (Å²) in [4.78, 5) is 7.49. The average molecular weight is 737 g/mol. The van der Waals surface area contributed by atoms with Crippen LogP contribution in [0.5, 0.6) is 0 Å². The molecule has 0 radical (unpaired) electrons. The molecule has 8 aromatic carbocycles. The SMILES string of the molecule is CC1(C)c2cc(/C=C/c3cccc4c(N5c6ccccc6CCc6ccccc65)cccc34)ccc2-c2ccc(N3c4ccccc4Sc4ccccc43)cc21. The van der Waals surface area contributed by atoms with Crippen LogP contribution in [0.25, 0.3) is 34.1 Å². The lowest BCUT2D eigenvalue weighted by Gasteiger charge is -2.33. The number of nitrogens with zero attached hydrogens (tertiary/aromatic N) is 2. The summed E-state index contributed by atoms with van der Waals surface area (Å²) < 4.78 is 0. The summed E-state index contributed by atoms with van der Waals surface area (Å²) >= 11 is 1.85. The lowest BCUT2D eigenvalue weighted by atomic mass is 9.81. The van der Waals surface area contributed by atoms with E-state index in [0.717, 1.165) is 12.8 Å². The number of aryl methyl sites for hydroxylation is 2. The summed E-state index contributed by atoms with van der Waals surface area (Å²) in [6.07, 6.45) is 6.66. The molecule has 2 heterocycles. The molecule has 0 N–H and O–H groups in total. The van der Waals surface area contributed by atoms with E-state index >= 15 is 0 Å². The molecule has 0 amide bonds. The number of benzene rings is 8. The van der Waals surface area contributed by atoms with Gasteiger partial charge in [0.05, 0.1) is 17.1 Å². The molecule has 3 aliphatic rings. The standard InChI is InChI=1S/C53H40N2S/c1-53(2)44-33-35(26-31-41(44)42-32-30-39(34-45(42)53)54-49-20-7-9-23-51(49)56-52-24-10-8-21-50(52)54)25-27-36-15-11-17-43-40(36)16-12-22-48(43)55-46-18-5-3-13-37(46)28-29-38-14-4-6-19-47(38)55/h3-27,30-34H,28-29H2,1-2H3/b27-25+. The zero-order chi connectivity index (χ0) is 37.4. The maximum absolute atomic E-state index is 2.49. The highest BCUT2D eigenvalue weighted by molar-refractivity contribution is 7.99. The third-order valence-electron chi connectivity index (χ3n) is 12.1. The molecule has 1 aliphatic carbocycles. The molecule has 0 fully saturated rings. The molecule has 0 saturated heterocycles. The molecule has 0 atom stereocenters. The lowest BCUT2D eigenvalue weighted by molar-refractivity contribution is 0.660. The van der Waals surface area contributed by atoms with E-state index in [0.29, 0.717) is 0 Å². The van der Waals surface area contributed by atoms with E-state index in [-0.39, 0.29) is 5.41 Å². The average Bonchev–Trinajstić information content (AvgIpc) is 3.34. The van der Waals surface area contributed by atoms with Crippen molar-refractivity contribution in [3.05, 3.63) is 203 Å². The Kier molecular flexibility index (Phi) is 7.62. The minimum atomic E-state index is -0.151. The van der Waals surface area contributed by atoms with Crippen LogP contribution in [0, 0.1) is 0 Å². The van der Waals surface area contributed by atoms with Crippen molar-refractivity contribution in [3.63, 3.8) is 0 Å². The molecule has 0 bridgehead atoms. The second kappa shape index (κ2) is 12.9. The van der Waals surface area contributed by atoms with Crippen molar-refractivity contribution in [2.24, 2.45) is 0 Å². The molecule has 0 saturated carbocycles. The summed E-state index contributed by atoms with van der Waals surface area (Å²) in [5.41, 5.74) is 17.9. The van der Waals surface area contributed by atoms with E-state index in [4.69, 9.17) is 0 Å². The third-order valence-corrected chi connectivity index (χ3v) is 13.3. The fourth-order valence-corrected chi connectivity index (χ4v) is 10.4. The van der Waals surface area contributed by atoms with Crippen LogP contribution in [0.3, 0.4) is 0 Å². The number of hydrogen-bond donors (Lipinski definition) is 0. The Balaban J connectivity index is 0.951. The largest absolute Gasteiger partial charge is 0.309 e. The van der Waals surface area contributed by atoms with Crippen LogP contribution in [0.4, 0.5) is 34.1 Å². The molecular weight excluding hydrogens is 697 g/mol. The zero-order valence-corrected chi connectivity index (χ0v) is 32.4. The Morgan fingerprint density at radius 3 is 1.71 bits per heavy atom. The molecule has 11 rings (SSSR count). The third kappa shape index (κ3) is 5.18. The predicted molar refractivity (Wildman–Crippen MR) is 238 cm³/mol. The van der Waals surface area contributed by atoms with Gasteiger partial charge in [-0.15, -0.1) is 0 Å². The molecule has 3 heteroatoms. The van der Waals surface area contributed by atoms with E-state index in [1.165, 1.54) is 99.2 Å². The lowest BCUT2D eigenvalue weighted by Crippen LogP contribution is -2.18. The van der Waals surface area contributed by atoms with E-state index in [2.05, 4.69) is 206 Å². The van der Waals surface area contributed by atoms with E-state index < -0.39 is 0 Å². The van der Waals surface area contributed by atoms with Gasteiger partial charge in [0, 0.05) is 37.7 Å². The van der Waals surface area contributed by atoms with Gasteiger partial charge in [0.15, 0.2) is 0 Å². The van der Waals surface area contributed by atoms with Gasteiger partial charge in [-0.2, -0.15) is 0 Å². The molecule has 8 aromatic rings. The molecule has 0 aromatic heterocycles. The maximum atomic E-state index is 2.49. The molecule has 0 spiro atoms. The van der Waals surface area contributed by atoms with E-state index in [9.17, 15) is 0 Å². The van der Waals surface area contributed by atoms with Gasteiger partial charge < -0.3 is 9.80 Å². The normalized spacial score (nSPS) is 14.8. The quantitative estimate of drug-likeness (QED) is 0.166. The second-order valence-electron chi connectivity index (χ2n) is 15.7. The monoisotopic (exact) mass is 736 g/mol. The van der Waals surface area contributed by atoms with Crippen molar-refractivity contribution < 1.29 is 0 Å². The zero-order valence-electron chi connectivity index (χ0n) is 31.5. The Bertz CT molecular complexity index is 2810. The number of fused-ring (bicyclic) bond motifs is 8. The molecular formula is C53H40N2S. The van der Waals surface area contributed by atoms with E-state index in [1.807, 2.05) is 11.8 Å². The first-order chi connectivity index (χ1) is 27.5. The summed E-state index contributed by atoms with van der Waals surface area (Å²) in [6.45, 7) is 4.77. The Morgan fingerprint density at radius 1 is 0.464 bits per heavy atom. The first kappa shape index (κ1) is 33.1. The fraction of sp³-hybridized carbons (Fsp3) is 0.0943. The van der Waals surface area contributed by atoms with Gasteiger partial charge in [-0.05, 0) is 117 Å². The van der Waals surface area contributed by atoms with Crippen molar-refractivity contribution >= 4 is 68.8 Å². The number of para-hydroxylation sites is 4. The minimum Gasteiger partial charge on any atom is -0.309 e. The molecule has 56 heavy (non-hydrogen) atoms. The first-order valence-electron chi connectivity index (χ1n) is 19.6. The topological polar surface area (TPSA) is 6.48 Å². The van der Waals surface area contributed by atoms with Crippen molar-refractivity contribution in [2.75, 3.05) is 9.80 Å². The molecule has 2 nitrogen and oxygen atoms in total. The minimum absolute atomic E-state index is 0.151. The highest BCUT2D eigenvalue weighted by Gasteiger charge is 2.37. The van der Waals surface area contributed by atoms with Crippen LogP contribution >= 0.6 is 11.8 Å². The van der Waals surface area contributed by atoms with Crippen LogP contribution in [0.2, 0.25) is 0 Å². The van der Waals surface area contributed by atoms with Crippen LogP contribution in [0.1, 0.15) is 47.2 Å². The number of anilines is 6. The van der Waals surface area contributed by atoms with Crippen LogP contribution in [0.15, 0.2) is 180 Å². The summed E-state index contributed by atoms with van der Waals surface area (Å²) in [6, 6.07) is 62.9. The van der Waals surface area contributed by atoms with Gasteiger partial charge in [0.25, 0.3) is 0 Å². The predicted octanol–water partition coefficient (Wildman–Crippen LogP) is 14.8. The summed E-state index contributed by atoms with van der Waals surface area (Å²) in [5, 5.41) is 2.50. The summed E-state index contributed by atoms with van der Waals surface area (Å²) in [7, 11) is 0. The van der Waals surface area contributed by atoms with Crippen LogP contribution in [-0.4, -0.2) is 0 Å². The van der Waals surface area contributed by atoms with Gasteiger partial charge in [-0.25, -0.2) is 0 Å². The smallest absolute Gasteiger partial charge is 0.0601 e. The van der Waals surface area contributed by atoms with Gasteiger partial charge in [-0.1, -0.05) is 153 Å². The van der Waals surface area contributed by atoms with Crippen molar-refractivity contribution in [1.29, 1.82) is 0 Å². The molecule has 2 aliphatic heterocycles. The highest BCUT2D eigenvalue weighted by atomic mass is 32.2. The van der Waals surface area contributed by atoms with Crippen LogP contribution < -0.4 is 9.80 Å². The Hall–Kier alpha value is -6.29. The Labute approximate surface area is 333 Å². The molecule has 268 valence electrons. The fourth-order valence-electron chi connectivity index (χ4n) is 9.35.